The van der Waals surface area contributed by atoms with Crippen molar-refractivity contribution in [3.8, 4) is 0 Å². The van der Waals surface area contributed by atoms with E-state index in [1.54, 1.807) is 0 Å². The molecule has 0 spiro atoms. The topological polar surface area (TPSA) is 20.2 Å². The molecule has 0 saturated heterocycles. The second kappa shape index (κ2) is 5.63. The van der Waals surface area contributed by atoms with Crippen molar-refractivity contribution in [2.75, 3.05) is 0 Å². The van der Waals surface area contributed by atoms with Gasteiger partial charge in [-0.25, -0.2) is 0 Å². The van der Waals surface area contributed by atoms with E-state index in [0.717, 1.165) is 0 Å². The summed E-state index contributed by atoms with van der Waals surface area (Å²) in [6.45, 7) is 0. The largest absolute Gasteiger partial charge is 0.378 e. The van der Waals surface area contributed by atoms with Crippen LogP contribution in [0.2, 0.25) is 0 Å². The van der Waals surface area contributed by atoms with Crippen LogP contribution >= 0.6 is 46.4 Å². The monoisotopic (exact) mass is 286 g/mol. The second-order valence-corrected chi connectivity index (χ2v) is 4.27. The number of rotatable bonds is 1. The third-order valence-electron chi connectivity index (χ3n) is 0.400. The third kappa shape index (κ3) is 13.1. The molecule has 0 fully saturated rings. The fourth-order valence-electron chi connectivity index (χ4n) is 0.191. The molecule has 1 atom stereocenters. The summed E-state index contributed by atoms with van der Waals surface area (Å²) in [7, 11) is 0. The maximum Gasteiger partial charge on any atom is 0.194 e. The Labute approximate surface area is 92.7 Å². The van der Waals surface area contributed by atoms with Crippen molar-refractivity contribution >= 4 is 46.4 Å². The van der Waals surface area contributed by atoms with Crippen LogP contribution in [0, 0.1) is 0 Å². The number of alkyl halides is 4. The summed E-state index contributed by atoms with van der Waals surface area (Å²) in [5, 5.41) is 8.40. The molecule has 0 aliphatic carbocycles. The van der Waals surface area contributed by atoms with Crippen LogP contribution in [-0.4, -0.2) is 14.5 Å². The van der Waals surface area contributed by atoms with E-state index in [1.165, 1.54) is 0 Å². The fraction of sp³-hybridized carbons (Fsp3) is 1.00. The molecule has 0 aliphatic rings. The van der Waals surface area contributed by atoms with Gasteiger partial charge in [0.2, 0.25) is 0 Å². The van der Waals surface area contributed by atoms with Crippen LogP contribution < -0.4 is 0 Å². The molecule has 1 N–H and O–H groups in total. The standard InChI is InChI=1S/C3H4Cl4O.Zr/c4-2(8)1-3(5,6)7;/h2,8H,1H2;. The summed E-state index contributed by atoms with van der Waals surface area (Å²) in [4.78, 5) is 0. The van der Waals surface area contributed by atoms with E-state index in [9.17, 15) is 0 Å². The van der Waals surface area contributed by atoms with Gasteiger partial charge >= 0.3 is 0 Å². The predicted octanol–water partition coefficient (Wildman–Crippen LogP) is 2.30. The van der Waals surface area contributed by atoms with E-state index in [1.807, 2.05) is 0 Å². The molecule has 54 valence electrons. The summed E-state index contributed by atoms with van der Waals surface area (Å²) in [5.74, 6) is 0. The van der Waals surface area contributed by atoms with Gasteiger partial charge in [-0.3, -0.25) is 0 Å². The van der Waals surface area contributed by atoms with Gasteiger partial charge in [-0.05, 0) is 0 Å². The molecule has 1 nitrogen and oxygen atoms in total. The van der Waals surface area contributed by atoms with E-state index in [4.69, 9.17) is 51.5 Å². The van der Waals surface area contributed by atoms with Crippen molar-refractivity contribution < 1.29 is 31.3 Å². The van der Waals surface area contributed by atoms with Crippen LogP contribution in [0.5, 0.6) is 0 Å². The van der Waals surface area contributed by atoms with Crippen LogP contribution in [0.3, 0.4) is 0 Å². The second-order valence-electron chi connectivity index (χ2n) is 1.25. The minimum absolute atomic E-state index is 0. The van der Waals surface area contributed by atoms with Gasteiger partial charge in [0.1, 0.15) is 5.56 Å². The summed E-state index contributed by atoms with van der Waals surface area (Å²) in [6.07, 6.45) is -0.0563. The van der Waals surface area contributed by atoms with E-state index in [0.29, 0.717) is 0 Å². The first-order valence-corrected chi connectivity index (χ1v) is 3.38. The van der Waals surface area contributed by atoms with Crippen LogP contribution in [0.1, 0.15) is 6.42 Å². The molecule has 0 saturated carbocycles. The molecule has 0 bridgehead atoms. The van der Waals surface area contributed by atoms with Crippen molar-refractivity contribution in [1.29, 1.82) is 0 Å². The smallest absolute Gasteiger partial charge is 0.194 e. The molecular weight excluding hydrogens is 285 g/mol. The van der Waals surface area contributed by atoms with Crippen LogP contribution in [0.4, 0.5) is 0 Å². The Kier molecular flexibility index (Phi) is 8.49. The van der Waals surface area contributed by atoms with E-state index < -0.39 is 9.36 Å². The zero-order valence-electron chi connectivity index (χ0n) is 4.24. The first-order chi connectivity index (χ1) is 3.42. The van der Waals surface area contributed by atoms with E-state index in [2.05, 4.69) is 0 Å². The molecule has 0 aromatic rings. The third-order valence-corrected chi connectivity index (χ3v) is 1.02. The number of aliphatic hydroxyl groups excluding tert-OH is 1. The average molecular weight is 289 g/mol. The van der Waals surface area contributed by atoms with Gasteiger partial charge in [-0.15, -0.1) is 0 Å². The van der Waals surface area contributed by atoms with Crippen LogP contribution in [-0.2, 0) is 26.2 Å². The Balaban J connectivity index is 0. The quantitative estimate of drug-likeness (QED) is 0.734. The molecule has 1 unspecified atom stereocenters. The van der Waals surface area contributed by atoms with E-state index in [-0.39, 0.29) is 32.6 Å². The van der Waals surface area contributed by atoms with Gasteiger partial charge in [-0.2, -0.15) is 0 Å². The maximum absolute atomic E-state index is 8.40. The SMILES string of the molecule is OC(Cl)CC(Cl)(Cl)Cl.[Zr]. The summed E-state index contributed by atoms with van der Waals surface area (Å²) in [6, 6.07) is 0. The van der Waals surface area contributed by atoms with Crippen LogP contribution in [0.15, 0.2) is 0 Å². The zero-order valence-corrected chi connectivity index (χ0v) is 9.73. The first kappa shape index (κ1) is 13.6. The Bertz CT molecular complexity index is 70.7. The Morgan fingerprint density at radius 3 is 1.67 bits per heavy atom. The van der Waals surface area contributed by atoms with Gasteiger partial charge in [-0.1, -0.05) is 46.4 Å². The molecule has 0 aromatic heterocycles. The normalized spacial score (nSPS) is 14.3. The minimum atomic E-state index is -1.44. The van der Waals surface area contributed by atoms with Gasteiger partial charge in [0.25, 0.3) is 0 Å². The number of aliphatic hydroxyl groups is 1. The molecule has 9 heavy (non-hydrogen) atoms. The van der Waals surface area contributed by atoms with Crippen molar-refractivity contribution in [2.45, 2.75) is 15.8 Å². The summed E-state index contributed by atoms with van der Waals surface area (Å²) >= 11 is 20.7. The maximum atomic E-state index is 8.40. The Hall–Kier alpha value is 2.00. The van der Waals surface area contributed by atoms with Gasteiger partial charge in [0.15, 0.2) is 3.79 Å². The van der Waals surface area contributed by atoms with Crippen molar-refractivity contribution in [2.24, 2.45) is 0 Å². The van der Waals surface area contributed by atoms with Crippen molar-refractivity contribution in [3.63, 3.8) is 0 Å². The summed E-state index contributed by atoms with van der Waals surface area (Å²) in [5.41, 5.74) is -1.08. The minimum Gasteiger partial charge on any atom is -0.378 e. The Morgan fingerprint density at radius 2 is 1.67 bits per heavy atom. The molecule has 0 aromatic carbocycles. The summed E-state index contributed by atoms with van der Waals surface area (Å²) < 4.78 is -1.44. The Morgan fingerprint density at radius 1 is 1.33 bits per heavy atom. The molecular formula is C3H4Cl4OZr. The molecule has 0 heterocycles. The van der Waals surface area contributed by atoms with Crippen molar-refractivity contribution in [1.82, 2.24) is 0 Å². The first-order valence-electron chi connectivity index (χ1n) is 1.81. The molecule has 6 heteroatoms. The number of hydrogen-bond acceptors (Lipinski definition) is 1. The zero-order chi connectivity index (χ0) is 6.78. The van der Waals surface area contributed by atoms with Gasteiger partial charge < -0.3 is 5.11 Å². The molecule has 0 radical (unpaired) electrons. The van der Waals surface area contributed by atoms with Gasteiger partial charge in [0.05, 0.1) is 0 Å². The molecule has 0 rings (SSSR count). The molecule has 0 amide bonds. The molecule has 0 aliphatic heterocycles. The average Bonchev–Trinajstić information content (AvgIpc) is 1.21. The van der Waals surface area contributed by atoms with Crippen molar-refractivity contribution in [3.05, 3.63) is 0 Å². The number of halogens is 4. The van der Waals surface area contributed by atoms with E-state index >= 15 is 0 Å². The predicted molar refractivity (Wildman–Crippen MR) is 36.8 cm³/mol. The van der Waals surface area contributed by atoms with Gasteiger partial charge in [0, 0.05) is 32.6 Å². The number of hydrogen-bond donors (Lipinski definition) is 1. The fourth-order valence-corrected chi connectivity index (χ4v) is 1.10. The van der Waals surface area contributed by atoms with Crippen LogP contribution in [0.25, 0.3) is 0 Å².